The van der Waals surface area contributed by atoms with E-state index in [2.05, 4.69) is 20.6 Å². The minimum Gasteiger partial charge on any atom is -0.481 e. The van der Waals surface area contributed by atoms with E-state index < -0.39 is 35.9 Å². The van der Waals surface area contributed by atoms with Crippen molar-refractivity contribution < 1.29 is 29.4 Å². The van der Waals surface area contributed by atoms with Crippen LogP contribution >= 0.6 is 0 Å². The lowest BCUT2D eigenvalue weighted by atomic mass is 10.1. The molecule has 2 amide bonds. The fourth-order valence-corrected chi connectivity index (χ4v) is 4.11. The molecule has 184 valence electrons. The van der Waals surface area contributed by atoms with Gasteiger partial charge >= 0.3 is 11.9 Å². The van der Waals surface area contributed by atoms with Gasteiger partial charge in [-0.15, -0.1) is 0 Å². The maximum Gasteiger partial charge on any atom is 0.326 e. The van der Waals surface area contributed by atoms with E-state index in [1.54, 1.807) is 21.9 Å². The standard InChI is InChI=1S/C21H23N7O7/c22-21-25-17-16(19(33)26-21)28-9-14(29)27(8-12(28)7-23-17)11-3-1-10(2-4-11)18(32)24-13(20(34)35)5-6-15(30)31/h1-4,12-13H,5-9H2,(H,24,32)(H,30,31)(H,34,35)(H4,22,23,25,26,33). The number of benzene rings is 1. The second-order valence-corrected chi connectivity index (χ2v) is 8.16. The number of hydrogen-bond acceptors (Lipinski definition) is 9. The molecule has 0 saturated carbocycles. The number of fused-ring (bicyclic) bond motifs is 3. The van der Waals surface area contributed by atoms with Gasteiger partial charge in [0.25, 0.3) is 11.5 Å². The maximum atomic E-state index is 12.9. The lowest BCUT2D eigenvalue weighted by Gasteiger charge is -2.44. The predicted molar refractivity (Wildman–Crippen MR) is 123 cm³/mol. The first-order valence-corrected chi connectivity index (χ1v) is 10.7. The highest BCUT2D eigenvalue weighted by atomic mass is 16.4. The molecule has 0 spiro atoms. The van der Waals surface area contributed by atoms with Gasteiger partial charge in [0.05, 0.1) is 12.6 Å². The lowest BCUT2D eigenvalue weighted by Crippen LogP contribution is -2.61. The van der Waals surface area contributed by atoms with Crippen LogP contribution in [0.1, 0.15) is 23.2 Å². The smallest absolute Gasteiger partial charge is 0.326 e. The molecule has 0 aliphatic carbocycles. The number of anilines is 4. The number of aliphatic carboxylic acids is 2. The topological polar surface area (TPSA) is 211 Å². The average molecular weight is 485 g/mol. The highest BCUT2D eigenvalue weighted by molar-refractivity contribution is 6.00. The van der Waals surface area contributed by atoms with Crippen molar-refractivity contribution in [3.63, 3.8) is 0 Å². The molecule has 3 heterocycles. The Morgan fingerprint density at radius 2 is 1.91 bits per heavy atom. The SMILES string of the molecule is Nc1nc2c(c(=O)[nH]1)N1CC(=O)N(c3ccc(C(=O)NC(CCC(=O)O)C(=O)O)cc3)CC1CN2. The van der Waals surface area contributed by atoms with Crippen molar-refractivity contribution in [3.05, 3.63) is 40.2 Å². The number of piperazine rings is 1. The minimum absolute atomic E-state index is 0.0228. The monoisotopic (exact) mass is 485 g/mol. The summed E-state index contributed by atoms with van der Waals surface area (Å²) in [6, 6.07) is 4.48. The number of carbonyl (C=O) groups excluding carboxylic acids is 2. The number of amides is 2. The summed E-state index contributed by atoms with van der Waals surface area (Å²) in [6.45, 7) is 0.650. The Morgan fingerprint density at radius 1 is 1.20 bits per heavy atom. The van der Waals surface area contributed by atoms with Crippen LogP contribution in [0.3, 0.4) is 0 Å². The lowest BCUT2D eigenvalue weighted by molar-refractivity contribution is -0.140. The number of carbonyl (C=O) groups is 4. The maximum absolute atomic E-state index is 12.9. The Labute approximate surface area is 197 Å². The Bertz CT molecular complexity index is 1240. The van der Waals surface area contributed by atoms with Crippen molar-refractivity contribution >= 4 is 46.9 Å². The zero-order chi connectivity index (χ0) is 25.3. The molecule has 1 aromatic heterocycles. The third-order valence-electron chi connectivity index (χ3n) is 5.84. The third kappa shape index (κ3) is 4.85. The van der Waals surface area contributed by atoms with Crippen LogP contribution in [0.4, 0.5) is 23.1 Å². The van der Waals surface area contributed by atoms with Crippen molar-refractivity contribution in [2.75, 3.05) is 40.5 Å². The molecule has 2 unspecified atom stereocenters. The Hall–Kier alpha value is -4.62. The third-order valence-corrected chi connectivity index (χ3v) is 5.84. The molecule has 2 aromatic rings. The number of aromatic nitrogens is 2. The van der Waals surface area contributed by atoms with Crippen LogP contribution in [0, 0.1) is 0 Å². The number of carboxylic acids is 2. The van der Waals surface area contributed by atoms with E-state index in [1.807, 2.05) is 0 Å². The molecular weight excluding hydrogens is 462 g/mol. The van der Waals surface area contributed by atoms with Gasteiger partial charge in [0, 0.05) is 30.8 Å². The summed E-state index contributed by atoms with van der Waals surface area (Å²) < 4.78 is 0. The van der Waals surface area contributed by atoms with E-state index in [0.717, 1.165) is 0 Å². The molecule has 0 radical (unpaired) electrons. The van der Waals surface area contributed by atoms with Crippen LogP contribution in [-0.4, -0.2) is 75.7 Å². The van der Waals surface area contributed by atoms with Gasteiger partial charge in [-0.05, 0) is 30.7 Å². The summed E-state index contributed by atoms with van der Waals surface area (Å²) in [7, 11) is 0. The summed E-state index contributed by atoms with van der Waals surface area (Å²) in [5.41, 5.74) is 6.10. The van der Waals surface area contributed by atoms with Gasteiger partial charge in [-0.1, -0.05) is 0 Å². The van der Waals surface area contributed by atoms with Gasteiger partial charge < -0.3 is 36.4 Å². The average Bonchev–Trinajstić information content (AvgIpc) is 2.80. The predicted octanol–water partition coefficient (Wildman–Crippen LogP) is -0.953. The van der Waals surface area contributed by atoms with E-state index in [0.29, 0.717) is 18.1 Å². The van der Waals surface area contributed by atoms with Crippen molar-refractivity contribution in [2.45, 2.75) is 24.9 Å². The number of nitrogen functional groups attached to an aromatic ring is 1. The second kappa shape index (κ2) is 9.32. The van der Waals surface area contributed by atoms with Crippen molar-refractivity contribution in [3.8, 4) is 0 Å². The van der Waals surface area contributed by atoms with Crippen molar-refractivity contribution in [1.82, 2.24) is 15.3 Å². The highest BCUT2D eigenvalue weighted by Crippen LogP contribution is 2.30. The number of aromatic amines is 1. The number of rotatable bonds is 7. The minimum atomic E-state index is -1.34. The molecule has 1 fully saturated rings. The van der Waals surface area contributed by atoms with E-state index in [1.165, 1.54) is 12.1 Å². The molecule has 0 bridgehead atoms. The first-order chi connectivity index (χ1) is 16.6. The first kappa shape index (κ1) is 23.5. The van der Waals surface area contributed by atoms with E-state index in [-0.39, 0.29) is 48.7 Å². The molecule has 7 N–H and O–H groups in total. The molecule has 4 rings (SSSR count). The summed E-state index contributed by atoms with van der Waals surface area (Å²) in [5.74, 6) is -3.14. The summed E-state index contributed by atoms with van der Waals surface area (Å²) in [4.78, 5) is 69.6. The molecule has 14 nitrogen and oxygen atoms in total. The number of hydrogen-bond donors (Lipinski definition) is 6. The molecule has 1 saturated heterocycles. The second-order valence-electron chi connectivity index (χ2n) is 8.16. The number of nitrogens with one attached hydrogen (secondary N) is 3. The van der Waals surface area contributed by atoms with Crippen LogP contribution in [0.25, 0.3) is 0 Å². The summed E-state index contributed by atoms with van der Waals surface area (Å²) >= 11 is 0. The van der Waals surface area contributed by atoms with Crippen LogP contribution in [0.2, 0.25) is 0 Å². The van der Waals surface area contributed by atoms with Crippen LogP contribution in [-0.2, 0) is 14.4 Å². The van der Waals surface area contributed by atoms with E-state index in [4.69, 9.17) is 10.8 Å². The molecule has 35 heavy (non-hydrogen) atoms. The molecule has 2 atom stereocenters. The van der Waals surface area contributed by atoms with Gasteiger partial charge in [-0.3, -0.25) is 24.2 Å². The van der Waals surface area contributed by atoms with Crippen LogP contribution in [0.5, 0.6) is 0 Å². The highest BCUT2D eigenvalue weighted by Gasteiger charge is 2.38. The molecular formula is C21H23N7O7. The molecule has 2 aliphatic heterocycles. The fourth-order valence-electron chi connectivity index (χ4n) is 4.11. The molecule has 2 aliphatic rings. The Kier molecular flexibility index (Phi) is 6.27. The summed E-state index contributed by atoms with van der Waals surface area (Å²) in [6.07, 6.45) is -0.656. The number of carboxylic acid groups (broad SMARTS) is 2. The fraction of sp³-hybridized carbons (Fsp3) is 0.333. The number of H-pyrrole nitrogens is 1. The number of nitrogens with zero attached hydrogens (tertiary/aromatic N) is 3. The van der Waals surface area contributed by atoms with Gasteiger partial charge in [-0.25, -0.2) is 4.79 Å². The van der Waals surface area contributed by atoms with Gasteiger partial charge in [0.15, 0.2) is 5.82 Å². The van der Waals surface area contributed by atoms with Gasteiger partial charge in [-0.2, -0.15) is 4.98 Å². The van der Waals surface area contributed by atoms with Crippen molar-refractivity contribution in [2.24, 2.45) is 0 Å². The first-order valence-electron chi connectivity index (χ1n) is 10.7. The quantitative estimate of drug-likeness (QED) is 0.281. The molecule has 1 aromatic carbocycles. The zero-order valence-electron chi connectivity index (χ0n) is 18.4. The number of nitrogens with two attached hydrogens (primary N) is 1. The van der Waals surface area contributed by atoms with E-state index >= 15 is 0 Å². The zero-order valence-corrected chi connectivity index (χ0v) is 18.4. The molecule has 14 heteroatoms. The summed E-state index contributed by atoms with van der Waals surface area (Å²) in [5, 5.41) is 23.3. The van der Waals surface area contributed by atoms with Crippen molar-refractivity contribution in [1.29, 1.82) is 0 Å². The Balaban J connectivity index is 1.46. The van der Waals surface area contributed by atoms with Crippen LogP contribution in [0.15, 0.2) is 29.1 Å². The van der Waals surface area contributed by atoms with E-state index in [9.17, 15) is 29.1 Å². The largest absolute Gasteiger partial charge is 0.481 e. The normalized spacial score (nSPS) is 17.6. The van der Waals surface area contributed by atoms with Crippen LogP contribution < -0.4 is 31.7 Å². The van der Waals surface area contributed by atoms with Gasteiger partial charge in [0.2, 0.25) is 11.9 Å². The Morgan fingerprint density at radius 3 is 2.57 bits per heavy atom. The van der Waals surface area contributed by atoms with Gasteiger partial charge in [0.1, 0.15) is 11.7 Å².